The lowest BCUT2D eigenvalue weighted by Gasteiger charge is -2.37. The van der Waals surface area contributed by atoms with E-state index >= 15 is 4.39 Å². The van der Waals surface area contributed by atoms with E-state index in [-0.39, 0.29) is 27.1 Å². The third-order valence-corrected chi connectivity index (χ3v) is 5.93. The molecule has 3 rings (SSSR count). The molecule has 2 aromatic rings. The van der Waals surface area contributed by atoms with Crippen molar-refractivity contribution in [3.05, 3.63) is 69.2 Å². The second-order valence-corrected chi connectivity index (χ2v) is 9.37. The fraction of sp³-hybridized carbons (Fsp3) is 0.409. The molecule has 148 valence electrons. The molecule has 3 atom stereocenters. The van der Waals surface area contributed by atoms with Crippen LogP contribution in [-0.4, -0.2) is 12.6 Å². The zero-order chi connectivity index (χ0) is 20.7. The molecule has 2 nitrogen and oxygen atoms in total. The van der Waals surface area contributed by atoms with Gasteiger partial charge in [-0.05, 0) is 35.6 Å². The van der Waals surface area contributed by atoms with Gasteiger partial charge < -0.3 is 5.32 Å². The molecule has 1 aliphatic rings. The number of nitriles is 1. The second-order valence-electron chi connectivity index (χ2n) is 8.53. The first-order valence-electron chi connectivity index (χ1n) is 9.14. The average molecular weight is 423 g/mol. The summed E-state index contributed by atoms with van der Waals surface area (Å²) < 4.78 is 29.9. The first-order chi connectivity index (χ1) is 13.1. The smallest absolute Gasteiger partial charge is 0.145 e. The van der Waals surface area contributed by atoms with E-state index in [1.165, 1.54) is 12.1 Å². The molecule has 1 N–H and O–H groups in total. The van der Waals surface area contributed by atoms with Gasteiger partial charge in [-0.1, -0.05) is 62.2 Å². The number of halogens is 4. The van der Waals surface area contributed by atoms with Crippen molar-refractivity contribution in [2.24, 2.45) is 5.41 Å². The van der Waals surface area contributed by atoms with Gasteiger partial charge in [0, 0.05) is 29.1 Å². The molecule has 28 heavy (non-hydrogen) atoms. The molecule has 1 fully saturated rings. The van der Waals surface area contributed by atoms with Gasteiger partial charge >= 0.3 is 0 Å². The molecular weight excluding hydrogens is 401 g/mol. The van der Waals surface area contributed by atoms with Crippen molar-refractivity contribution in [3.63, 3.8) is 0 Å². The summed E-state index contributed by atoms with van der Waals surface area (Å²) in [5.74, 6) is -1.73. The summed E-state index contributed by atoms with van der Waals surface area (Å²) in [5, 5.41) is 14.0. The fourth-order valence-electron chi connectivity index (χ4n) is 4.23. The minimum absolute atomic E-state index is 0.0137. The van der Waals surface area contributed by atoms with E-state index in [0.29, 0.717) is 18.5 Å². The Hall–Kier alpha value is -1.67. The lowest BCUT2D eigenvalue weighted by Crippen LogP contribution is -2.44. The van der Waals surface area contributed by atoms with Crippen LogP contribution in [-0.2, 0) is 5.41 Å². The van der Waals surface area contributed by atoms with E-state index < -0.39 is 23.0 Å². The van der Waals surface area contributed by atoms with Gasteiger partial charge in [0.05, 0.1) is 11.1 Å². The Bertz CT molecular complexity index is 933. The number of hydrogen-bond donors (Lipinski definition) is 1. The van der Waals surface area contributed by atoms with Gasteiger partial charge in [-0.3, -0.25) is 0 Å². The highest BCUT2D eigenvalue weighted by molar-refractivity contribution is 6.31. The minimum atomic E-state index is -1.30. The summed E-state index contributed by atoms with van der Waals surface area (Å²) in [6, 6.07) is 11.0. The fourth-order valence-corrected chi connectivity index (χ4v) is 4.57. The summed E-state index contributed by atoms with van der Waals surface area (Å²) in [7, 11) is 0. The normalized spacial score (nSPS) is 24.9. The zero-order valence-corrected chi connectivity index (χ0v) is 17.5. The van der Waals surface area contributed by atoms with Crippen molar-refractivity contribution in [3.8, 4) is 6.07 Å². The van der Waals surface area contributed by atoms with Gasteiger partial charge in [-0.25, -0.2) is 8.78 Å². The molecule has 2 aromatic carbocycles. The maximum Gasteiger partial charge on any atom is 0.145 e. The largest absolute Gasteiger partial charge is 0.311 e. The number of benzene rings is 2. The molecule has 0 aromatic heterocycles. The highest BCUT2D eigenvalue weighted by atomic mass is 35.5. The standard InChI is InChI=1S/C22H22Cl2F2N2/c1-21(2,3)10-19-22(12-27,15-8-7-13(23)9-18(15)25)16(11-28-19)14-5-4-6-17(24)20(14)26/h4-9,16,19,28H,10-11H2,1-3H3/t16?,19-,22+/m0/s1. The van der Waals surface area contributed by atoms with Crippen LogP contribution < -0.4 is 5.32 Å². The number of nitrogens with zero attached hydrogens (tertiary/aromatic N) is 1. The SMILES string of the molecule is CC(C)(C)C[C@@H]1NCC(c2cccc(Cl)c2F)[C@@]1(C#N)c1ccc(Cl)cc1F. The van der Waals surface area contributed by atoms with Crippen molar-refractivity contribution < 1.29 is 8.78 Å². The van der Waals surface area contributed by atoms with E-state index in [9.17, 15) is 9.65 Å². The van der Waals surface area contributed by atoms with Crippen molar-refractivity contribution in [2.75, 3.05) is 6.54 Å². The summed E-state index contributed by atoms with van der Waals surface area (Å²) in [5.41, 5.74) is -0.881. The van der Waals surface area contributed by atoms with Gasteiger partial charge in [0.1, 0.15) is 17.0 Å². The van der Waals surface area contributed by atoms with Crippen LogP contribution in [0.2, 0.25) is 10.0 Å². The summed E-state index contributed by atoms with van der Waals surface area (Å²) in [6.07, 6.45) is 0.612. The van der Waals surface area contributed by atoms with E-state index in [0.717, 1.165) is 0 Å². The van der Waals surface area contributed by atoms with Gasteiger partial charge in [0.25, 0.3) is 0 Å². The Balaban J connectivity index is 2.25. The third kappa shape index (κ3) is 3.64. The molecule has 1 saturated heterocycles. The molecular formula is C22H22Cl2F2N2. The zero-order valence-electron chi connectivity index (χ0n) is 16.0. The van der Waals surface area contributed by atoms with Crippen molar-refractivity contribution in [1.29, 1.82) is 5.26 Å². The molecule has 0 radical (unpaired) electrons. The van der Waals surface area contributed by atoms with Crippen LogP contribution in [0.1, 0.15) is 44.2 Å². The Labute approximate surface area is 174 Å². The van der Waals surface area contributed by atoms with Gasteiger partial charge in [0.15, 0.2) is 0 Å². The Morgan fingerprint density at radius 1 is 1.21 bits per heavy atom. The second kappa shape index (κ2) is 7.63. The van der Waals surface area contributed by atoms with Crippen LogP contribution in [0.4, 0.5) is 8.78 Å². The Kier molecular flexibility index (Phi) is 5.74. The third-order valence-electron chi connectivity index (χ3n) is 5.40. The van der Waals surface area contributed by atoms with Crippen LogP contribution in [0.15, 0.2) is 36.4 Å². The molecule has 0 spiro atoms. The Morgan fingerprint density at radius 3 is 2.54 bits per heavy atom. The van der Waals surface area contributed by atoms with Gasteiger partial charge in [-0.2, -0.15) is 5.26 Å². The maximum absolute atomic E-state index is 15.0. The topological polar surface area (TPSA) is 35.8 Å². The van der Waals surface area contributed by atoms with Crippen LogP contribution >= 0.6 is 23.2 Å². The molecule has 0 aliphatic carbocycles. The van der Waals surface area contributed by atoms with Crippen LogP contribution in [0.5, 0.6) is 0 Å². The predicted octanol–water partition coefficient (Wildman–Crippen LogP) is 6.22. The van der Waals surface area contributed by atoms with Crippen molar-refractivity contribution in [2.45, 2.75) is 44.6 Å². The lowest BCUT2D eigenvalue weighted by molar-refractivity contribution is 0.278. The van der Waals surface area contributed by atoms with Crippen LogP contribution in [0.3, 0.4) is 0 Å². The van der Waals surface area contributed by atoms with Crippen LogP contribution in [0.25, 0.3) is 0 Å². The van der Waals surface area contributed by atoms with Crippen molar-refractivity contribution in [1.82, 2.24) is 5.32 Å². The number of rotatable bonds is 3. The molecule has 6 heteroatoms. The quantitative estimate of drug-likeness (QED) is 0.636. The van der Waals surface area contributed by atoms with E-state index in [1.807, 2.05) is 0 Å². The minimum Gasteiger partial charge on any atom is -0.311 e. The molecule has 1 unspecified atom stereocenters. The lowest BCUT2D eigenvalue weighted by atomic mass is 9.64. The van der Waals surface area contributed by atoms with Crippen LogP contribution in [0, 0.1) is 28.4 Å². The summed E-state index contributed by atoms with van der Waals surface area (Å²) in [4.78, 5) is 0. The maximum atomic E-state index is 15.0. The first-order valence-corrected chi connectivity index (χ1v) is 9.90. The molecule has 1 aliphatic heterocycles. The average Bonchev–Trinajstić information content (AvgIpc) is 2.94. The Morgan fingerprint density at radius 2 is 1.93 bits per heavy atom. The van der Waals surface area contributed by atoms with E-state index in [1.54, 1.807) is 24.3 Å². The van der Waals surface area contributed by atoms with Gasteiger partial charge in [0.2, 0.25) is 0 Å². The molecule has 0 saturated carbocycles. The number of hydrogen-bond acceptors (Lipinski definition) is 2. The summed E-state index contributed by atoms with van der Waals surface area (Å²) >= 11 is 11.9. The van der Waals surface area contributed by atoms with E-state index in [4.69, 9.17) is 23.2 Å². The summed E-state index contributed by atoms with van der Waals surface area (Å²) in [6.45, 7) is 6.51. The number of nitrogens with one attached hydrogen (secondary N) is 1. The first kappa shape index (κ1) is 21.0. The van der Waals surface area contributed by atoms with Gasteiger partial charge in [-0.15, -0.1) is 0 Å². The van der Waals surface area contributed by atoms with E-state index in [2.05, 4.69) is 32.2 Å². The molecule has 0 amide bonds. The molecule has 0 bridgehead atoms. The predicted molar refractivity (Wildman–Crippen MR) is 109 cm³/mol. The monoisotopic (exact) mass is 422 g/mol. The highest BCUT2D eigenvalue weighted by Gasteiger charge is 2.55. The molecule has 1 heterocycles. The highest BCUT2D eigenvalue weighted by Crippen LogP contribution is 2.50. The van der Waals surface area contributed by atoms with Crippen molar-refractivity contribution >= 4 is 23.2 Å².